The van der Waals surface area contributed by atoms with Gasteiger partial charge in [-0.2, -0.15) is 0 Å². The second-order valence-corrected chi connectivity index (χ2v) is 1.90. The number of rotatable bonds is 2. The van der Waals surface area contributed by atoms with E-state index in [0.717, 1.165) is 6.08 Å². The van der Waals surface area contributed by atoms with Gasteiger partial charge in [0, 0.05) is 0 Å². The highest BCUT2D eigenvalue weighted by Crippen LogP contribution is 1.86. The first kappa shape index (κ1) is 10.3. The Labute approximate surface area is 68.6 Å². The van der Waals surface area contributed by atoms with Crippen molar-refractivity contribution in [3.05, 3.63) is 0 Å². The number of carbonyl (C=O) groups excluding carboxylic acids is 3. The van der Waals surface area contributed by atoms with Gasteiger partial charge in [0.05, 0.1) is 7.11 Å². The monoisotopic (exact) mass is 172 g/mol. The first-order chi connectivity index (χ1) is 5.61. The summed E-state index contributed by atoms with van der Waals surface area (Å²) in [6, 6.07) is -1.73. The van der Waals surface area contributed by atoms with Crippen LogP contribution in [0.3, 0.4) is 0 Å². The molecule has 0 aromatic heterocycles. The van der Waals surface area contributed by atoms with Gasteiger partial charge in [-0.3, -0.25) is 0 Å². The van der Waals surface area contributed by atoms with Crippen LogP contribution in [0.2, 0.25) is 0 Å². The highest BCUT2D eigenvalue weighted by Gasteiger charge is 2.14. The highest BCUT2D eigenvalue weighted by molar-refractivity contribution is 5.85. The van der Waals surface area contributed by atoms with Gasteiger partial charge in [0.15, 0.2) is 0 Å². The van der Waals surface area contributed by atoms with Crippen molar-refractivity contribution < 1.29 is 19.1 Å². The van der Waals surface area contributed by atoms with Crippen LogP contribution >= 0.6 is 0 Å². The molecule has 12 heavy (non-hydrogen) atoms. The molecule has 0 rings (SSSR count). The normalized spacial score (nSPS) is 10.8. The third-order valence-electron chi connectivity index (χ3n) is 1.04. The molecule has 2 amide bonds. The molecule has 0 saturated heterocycles. The SMILES string of the molecule is COC(=O)[C@H](C)NC(=O)N=C=O. The fraction of sp³-hybridized carbons (Fsp3) is 0.500. The van der Waals surface area contributed by atoms with Gasteiger partial charge in [-0.25, -0.2) is 14.4 Å². The standard InChI is InChI=1S/C6H8N2O4/c1-4(5(10)12-2)8-6(11)7-3-9/h4H,1-2H3,(H,8,11)/t4-/m0/s1. The molecule has 0 radical (unpaired) electrons. The minimum atomic E-state index is -0.914. The van der Waals surface area contributed by atoms with Gasteiger partial charge < -0.3 is 10.1 Å². The minimum absolute atomic E-state index is 0.607. The summed E-state index contributed by atoms with van der Waals surface area (Å²) in [7, 11) is 1.19. The molecule has 0 unspecified atom stereocenters. The van der Waals surface area contributed by atoms with Crippen molar-refractivity contribution in [3.63, 3.8) is 0 Å². The fourth-order valence-electron chi connectivity index (χ4n) is 0.495. The molecule has 6 heteroatoms. The zero-order chi connectivity index (χ0) is 9.56. The number of nitrogens with one attached hydrogen (secondary N) is 1. The van der Waals surface area contributed by atoms with Crippen molar-refractivity contribution in [2.45, 2.75) is 13.0 Å². The Kier molecular flexibility index (Phi) is 4.33. The van der Waals surface area contributed by atoms with Crippen LogP contribution in [0.1, 0.15) is 6.92 Å². The van der Waals surface area contributed by atoms with Crippen LogP contribution in [0.25, 0.3) is 0 Å². The highest BCUT2D eigenvalue weighted by atomic mass is 16.5. The molecule has 6 nitrogen and oxygen atoms in total. The molecule has 0 aliphatic heterocycles. The minimum Gasteiger partial charge on any atom is -0.467 e. The molecule has 0 saturated carbocycles. The molecule has 0 fully saturated rings. The Morgan fingerprint density at radius 3 is 2.58 bits per heavy atom. The first-order valence-corrected chi connectivity index (χ1v) is 3.08. The lowest BCUT2D eigenvalue weighted by Gasteiger charge is -2.07. The average molecular weight is 172 g/mol. The van der Waals surface area contributed by atoms with E-state index in [4.69, 9.17) is 0 Å². The lowest BCUT2D eigenvalue weighted by molar-refractivity contribution is -0.142. The third kappa shape index (κ3) is 3.48. The lowest BCUT2D eigenvalue weighted by atomic mass is 10.3. The predicted octanol–water partition coefficient (Wildman–Crippen LogP) is -0.407. The predicted molar refractivity (Wildman–Crippen MR) is 38.1 cm³/mol. The number of hydrogen-bond donors (Lipinski definition) is 1. The molecular weight excluding hydrogens is 164 g/mol. The maximum absolute atomic E-state index is 10.7. The molecule has 0 aliphatic carbocycles. The Balaban J connectivity index is 4.00. The van der Waals surface area contributed by atoms with Crippen molar-refractivity contribution >= 4 is 18.1 Å². The fourth-order valence-corrected chi connectivity index (χ4v) is 0.495. The number of methoxy groups -OCH3 is 1. The zero-order valence-corrected chi connectivity index (χ0v) is 6.66. The van der Waals surface area contributed by atoms with Gasteiger partial charge in [-0.15, -0.1) is 4.99 Å². The molecule has 0 aromatic rings. The van der Waals surface area contributed by atoms with Crippen molar-refractivity contribution in [1.29, 1.82) is 0 Å². The third-order valence-corrected chi connectivity index (χ3v) is 1.04. The number of esters is 1. The van der Waals surface area contributed by atoms with Crippen LogP contribution in [-0.4, -0.2) is 31.2 Å². The largest absolute Gasteiger partial charge is 0.467 e. The van der Waals surface area contributed by atoms with Crippen molar-refractivity contribution in [3.8, 4) is 0 Å². The molecule has 0 bridgehead atoms. The summed E-state index contributed by atoms with van der Waals surface area (Å²) in [5.74, 6) is -0.607. The van der Waals surface area contributed by atoms with Gasteiger partial charge >= 0.3 is 12.0 Å². The molecular formula is C6H8N2O4. The number of amides is 2. The van der Waals surface area contributed by atoms with E-state index in [1.165, 1.54) is 14.0 Å². The number of carbonyl (C=O) groups is 2. The number of hydrogen-bond acceptors (Lipinski definition) is 4. The van der Waals surface area contributed by atoms with Crippen molar-refractivity contribution in [2.24, 2.45) is 4.99 Å². The lowest BCUT2D eigenvalue weighted by Crippen LogP contribution is -2.37. The summed E-state index contributed by atoms with van der Waals surface area (Å²) in [6.07, 6.45) is 1.04. The molecule has 0 aromatic carbocycles. The zero-order valence-electron chi connectivity index (χ0n) is 6.66. The summed E-state index contributed by atoms with van der Waals surface area (Å²) in [4.78, 5) is 33.5. The Morgan fingerprint density at radius 2 is 2.17 bits per heavy atom. The van der Waals surface area contributed by atoms with E-state index in [1.54, 1.807) is 0 Å². The van der Waals surface area contributed by atoms with E-state index >= 15 is 0 Å². The first-order valence-electron chi connectivity index (χ1n) is 3.08. The van der Waals surface area contributed by atoms with Crippen LogP contribution in [-0.2, 0) is 14.3 Å². The molecule has 0 spiro atoms. The van der Waals surface area contributed by atoms with Crippen LogP contribution in [0, 0.1) is 0 Å². The molecule has 66 valence electrons. The number of aliphatic imine (C=N–C) groups is 1. The summed E-state index contributed by atoms with van der Waals surface area (Å²) < 4.78 is 4.30. The summed E-state index contributed by atoms with van der Waals surface area (Å²) in [6.45, 7) is 1.41. The summed E-state index contributed by atoms with van der Waals surface area (Å²) >= 11 is 0. The number of ether oxygens (including phenoxy) is 1. The maximum atomic E-state index is 10.7. The Morgan fingerprint density at radius 1 is 1.58 bits per heavy atom. The van der Waals surface area contributed by atoms with E-state index < -0.39 is 18.0 Å². The molecule has 1 atom stereocenters. The second-order valence-electron chi connectivity index (χ2n) is 1.90. The Hall–Kier alpha value is -1.68. The van der Waals surface area contributed by atoms with Gasteiger partial charge in [0.25, 0.3) is 0 Å². The quantitative estimate of drug-likeness (QED) is 0.348. The maximum Gasteiger partial charge on any atom is 0.352 e. The molecule has 0 aliphatic rings. The van der Waals surface area contributed by atoms with Crippen molar-refractivity contribution in [1.82, 2.24) is 5.32 Å². The van der Waals surface area contributed by atoms with Crippen LogP contribution in [0.4, 0.5) is 4.79 Å². The van der Waals surface area contributed by atoms with E-state index in [2.05, 4.69) is 15.0 Å². The average Bonchev–Trinajstić information content (AvgIpc) is 2.03. The van der Waals surface area contributed by atoms with E-state index in [1.807, 2.05) is 0 Å². The van der Waals surface area contributed by atoms with Crippen LogP contribution in [0.15, 0.2) is 4.99 Å². The smallest absolute Gasteiger partial charge is 0.352 e. The summed E-state index contributed by atoms with van der Waals surface area (Å²) in [5.41, 5.74) is 0. The number of urea groups is 1. The van der Waals surface area contributed by atoms with Gasteiger partial charge in [-0.1, -0.05) is 0 Å². The van der Waals surface area contributed by atoms with Crippen LogP contribution < -0.4 is 5.32 Å². The molecule has 0 heterocycles. The van der Waals surface area contributed by atoms with E-state index in [9.17, 15) is 14.4 Å². The Bertz CT molecular complexity index is 232. The van der Waals surface area contributed by atoms with Gasteiger partial charge in [-0.05, 0) is 6.92 Å². The summed E-state index contributed by atoms with van der Waals surface area (Å²) in [5, 5.41) is 2.09. The second kappa shape index (κ2) is 5.03. The van der Waals surface area contributed by atoms with E-state index in [0.29, 0.717) is 0 Å². The number of nitrogens with zero attached hydrogens (tertiary/aromatic N) is 1. The van der Waals surface area contributed by atoms with Gasteiger partial charge in [0.2, 0.25) is 6.08 Å². The van der Waals surface area contributed by atoms with Crippen molar-refractivity contribution in [2.75, 3.05) is 7.11 Å². The van der Waals surface area contributed by atoms with E-state index in [-0.39, 0.29) is 0 Å². The van der Waals surface area contributed by atoms with Crippen LogP contribution in [0.5, 0.6) is 0 Å². The number of isocyanates is 1. The van der Waals surface area contributed by atoms with Gasteiger partial charge in [0.1, 0.15) is 6.04 Å². The molecule has 1 N–H and O–H groups in total. The topological polar surface area (TPSA) is 84.8 Å².